The second kappa shape index (κ2) is 6.80. The van der Waals surface area contributed by atoms with Crippen molar-refractivity contribution in [3.8, 4) is 5.75 Å². The molecule has 0 fully saturated rings. The first-order chi connectivity index (χ1) is 9.97. The van der Waals surface area contributed by atoms with E-state index in [9.17, 15) is 9.90 Å². The Morgan fingerprint density at radius 1 is 1.10 bits per heavy atom. The molecule has 2 N–H and O–H groups in total. The lowest BCUT2D eigenvalue weighted by Crippen LogP contribution is -2.17. The number of hydrazone groups is 1. The second-order valence-electron chi connectivity index (χ2n) is 4.03. The molecule has 2 aromatic carbocycles. The van der Waals surface area contributed by atoms with Gasteiger partial charge in [0, 0.05) is 16.1 Å². The van der Waals surface area contributed by atoms with E-state index in [0.717, 1.165) is 0 Å². The summed E-state index contributed by atoms with van der Waals surface area (Å²) in [5, 5.41) is 14.1. The third kappa shape index (κ3) is 4.11. The highest BCUT2D eigenvalue weighted by molar-refractivity contribution is 6.36. The minimum Gasteiger partial charge on any atom is -0.506 e. The highest BCUT2D eigenvalue weighted by atomic mass is 35.5. The quantitative estimate of drug-likeness (QED) is 0.650. The average Bonchev–Trinajstić information content (AvgIpc) is 2.44. The van der Waals surface area contributed by atoms with Gasteiger partial charge in [0.15, 0.2) is 0 Å². The van der Waals surface area contributed by atoms with Gasteiger partial charge in [0.2, 0.25) is 0 Å². The predicted octanol–water partition coefficient (Wildman–Crippen LogP) is 4.12. The van der Waals surface area contributed by atoms with E-state index in [0.29, 0.717) is 15.6 Å². The molecule has 2 rings (SSSR count). The van der Waals surface area contributed by atoms with Crippen LogP contribution in [0.25, 0.3) is 0 Å². The lowest BCUT2D eigenvalue weighted by atomic mass is 10.2. The number of phenolic OH excluding ortho intramolecular Hbond substituents is 1. The van der Waals surface area contributed by atoms with Gasteiger partial charge < -0.3 is 5.11 Å². The molecule has 21 heavy (non-hydrogen) atoms. The Morgan fingerprint density at radius 2 is 1.86 bits per heavy atom. The minimum absolute atomic E-state index is 0.0902. The fourth-order valence-electron chi connectivity index (χ4n) is 1.48. The normalized spacial score (nSPS) is 10.8. The van der Waals surface area contributed by atoms with Crippen molar-refractivity contribution in [1.82, 2.24) is 5.43 Å². The minimum atomic E-state index is -0.460. The number of carbonyl (C=O) groups is 1. The Bertz CT molecular complexity index is 717. The molecule has 0 aromatic heterocycles. The number of phenols is 1. The van der Waals surface area contributed by atoms with Crippen molar-refractivity contribution in [2.45, 2.75) is 0 Å². The lowest BCUT2D eigenvalue weighted by Gasteiger charge is -2.02. The first-order valence-corrected chi connectivity index (χ1v) is 6.88. The van der Waals surface area contributed by atoms with Crippen molar-refractivity contribution in [2.75, 3.05) is 0 Å². The molecule has 0 heterocycles. The summed E-state index contributed by atoms with van der Waals surface area (Å²) < 4.78 is 0. The average molecular weight is 344 g/mol. The molecule has 0 aliphatic heterocycles. The van der Waals surface area contributed by atoms with Crippen LogP contribution in [0, 0.1) is 0 Å². The number of halogens is 3. The molecule has 1 amide bonds. The molecule has 0 saturated carbocycles. The first-order valence-electron chi connectivity index (χ1n) is 5.74. The number of hydrogen-bond donors (Lipinski definition) is 2. The van der Waals surface area contributed by atoms with E-state index in [4.69, 9.17) is 34.8 Å². The number of aromatic hydroxyl groups is 1. The Morgan fingerprint density at radius 3 is 2.52 bits per heavy atom. The zero-order chi connectivity index (χ0) is 15.4. The largest absolute Gasteiger partial charge is 0.506 e. The Labute approximate surface area is 135 Å². The summed E-state index contributed by atoms with van der Waals surface area (Å²) in [5.41, 5.74) is 3.23. The SMILES string of the molecule is O=C(N/N=C/c1ccc(Cl)cc1Cl)c1ccc(O)c(Cl)c1. The van der Waals surface area contributed by atoms with E-state index < -0.39 is 5.91 Å². The summed E-state index contributed by atoms with van der Waals surface area (Å²) in [7, 11) is 0. The molecular weight excluding hydrogens is 335 g/mol. The van der Waals surface area contributed by atoms with Crippen LogP contribution in [0.15, 0.2) is 41.5 Å². The smallest absolute Gasteiger partial charge is 0.271 e. The van der Waals surface area contributed by atoms with Crippen molar-refractivity contribution < 1.29 is 9.90 Å². The molecule has 0 unspecified atom stereocenters. The first kappa shape index (κ1) is 15.6. The van der Waals surface area contributed by atoms with E-state index in [-0.39, 0.29) is 16.3 Å². The maximum Gasteiger partial charge on any atom is 0.271 e. The van der Waals surface area contributed by atoms with Crippen LogP contribution < -0.4 is 5.43 Å². The molecule has 0 atom stereocenters. The number of hydrogen-bond acceptors (Lipinski definition) is 3. The molecule has 0 aliphatic carbocycles. The van der Waals surface area contributed by atoms with Crippen LogP contribution in [0.4, 0.5) is 0 Å². The van der Waals surface area contributed by atoms with Gasteiger partial charge in [-0.15, -0.1) is 0 Å². The van der Waals surface area contributed by atoms with E-state index in [1.807, 2.05) is 0 Å². The molecule has 108 valence electrons. The Hall–Kier alpha value is -1.75. The van der Waals surface area contributed by atoms with E-state index in [1.54, 1.807) is 18.2 Å². The van der Waals surface area contributed by atoms with E-state index >= 15 is 0 Å². The van der Waals surface area contributed by atoms with Crippen LogP contribution in [0.2, 0.25) is 15.1 Å². The number of rotatable bonds is 3. The van der Waals surface area contributed by atoms with Crippen molar-refractivity contribution >= 4 is 46.9 Å². The zero-order valence-electron chi connectivity index (χ0n) is 10.5. The van der Waals surface area contributed by atoms with Gasteiger partial charge >= 0.3 is 0 Å². The molecule has 0 saturated heterocycles. The second-order valence-corrected chi connectivity index (χ2v) is 5.28. The molecule has 7 heteroatoms. The summed E-state index contributed by atoms with van der Waals surface area (Å²) in [6.07, 6.45) is 1.40. The Kier molecular flexibility index (Phi) is 5.07. The standard InChI is InChI=1S/C14H9Cl3N2O2/c15-10-3-1-9(11(16)6-10)7-18-19-14(21)8-2-4-13(20)12(17)5-8/h1-7,20H,(H,19,21)/b18-7+. The number of benzene rings is 2. The third-order valence-corrected chi connectivity index (χ3v) is 3.41. The third-order valence-electron chi connectivity index (χ3n) is 2.54. The van der Waals surface area contributed by atoms with Gasteiger partial charge in [0.05, 0.1) is 16.3 Å². The Balaban J connectivity index is 2.06. The molecule has 2 aromatic rings. The summed E-state index contributed by atoms with van der Waals surface area (Å²) in [4.78, 5) is 11.8. The van der Waals surface area contributed by atoms with E-state index in [1.165, 1.54) is 24.4 Å². The van der Waals surface area contributed by atoms with Gasteiger partial charge in [-0.3, -0.25) is 4.79 Å². The number of amides is 1. The van der Waals surface area contributed by atoms with Crippen LogP contribution in [-0.4, -0.2) is 17.2 Å². The van der Waals surface area contributed by atoms with Gasteiger partial charge in [-0.25, -0.2) is 5.43 Å². The predicted molar refractivity (Wildman–Crippen MR) is 84.6 cm³/mol. The maximum atomic E-state index is 11.8. The van der Waals surface area contributed by atoms with Crippen molar-refractivity contribution in [1.29, 1.82) is 0 Å². The van der Waals surface area contributed by atoms with Gasteiger partial charge in [-0.2, -0.15) is 5.10 Å². The molecule has 4 nitrogen and oxygen atoms in total. The van der Waals surface area contributed by atoms with Crippen LogP contribution in [-0.2, 0) is 0 Å². The summed E-state index contributed by atoms with van der Waals surface area (Å²) in [5.74, 6) is -0.553. The van der Waals surface area contributed by atoms with Gasteiger partial charge in [-0.05, 0) is 30.3 Å². The number of nitrogens with zero attached hydrogens (tertiary/aromatic N) is 1. The van der Waals surface area contributed by atoms with Crippen molar-refractivity contribution in [3.63, 3.8) is 0 Å². The van der Waals surface area contributed by atoms with Gasteiger partial charge in [0.25, 0.3) is 5.91 Å². The number of nitrogens with one attached hydrogen (secondary N) is 1. The lowest BCUT2D eigenvalue weighted by molar-refractivity contribution is 0.0955. The molecule has 0 bridgehead atoms. The van der Waals surface area contributed by atoms with Crippen LogP contribution in [0.5, 0.6) is 5.75 Å². The van der Waals surface area contributed by atoms with Gasteiger partial charge in [0.1, 0.15) is 5.75 Å². The molecular formula is C14H9Cl3N2O2. The van der Waals surface area contributed by atoms with E-state index in [2.05, 4.69) is 10.5 Å². The van der Waals surface area contributed by atoms with Gasteiger partial charge in [-0.1, -0.05) is 40.9 Å². The highest BCUT2D eigenvalue weighted by Crippen LogP contribution is 2.23. The molecule has 0 spiro atoms. The fraction of sp³-hybridized carbons (Fsp3) is 0. The fourth-order valence-corrected chi connectivity index (χ4v) is 2.12. The van der Waals surface area contributed by atoms with Crippen LogP contribution in [0.3, 0.4) is 0 Å². The number of carbonyl (C=O) groups excluding carboxylic acids is 1. The topological polar surface area (TPSA) is 61.7 Å². The molecule has 0 aliphatic rings. The summed E-state index contributed by atoms with van der Waals surface area (Å²) in [6, 6.07) is 9.02. The highest BCUT2D eigenvalue weighted by Gasteiger charge is 2.07. The summed E-state index contributed by atoms with van der Waals surface area (Å²) in [6.45, 7) is 0. The van der Waals surface area contributed by atoms with Crippen molar-refractivity contribution in [2.24, 2.45) is 5.10 Å². The van der Waals surface area contributed by atoms with Crippen molar-refractivity contribution in [3.05, 3.63) is 62.6 Å². The summed E-state index contributed by atoms with van der Waals surface area (Å²) >= 11 is 17.5. The molecule has 0 radical (unpaired) electrons. The maximum absolute atomic E-state index is 11.8. The monoisotopic (exact) mass is 342 g/mol. The van der Waals surface area contributed by atoms with Crippen LogP contribution >= 0.6 is 34.8 Å². The zero-order valence-corrected chi connectivity index (χ0v) is 12.7. The van der Waals surface area contributed by atoms with Crippen LogP contribution in [0.1, 0.15) is 15.9 Å².